The Labute approximate surface area is 101 Å². The normalized spacial score (nSPS) is 17.9. The van der Waals surface area contributed by atoms with Crippen LogP contribution in [0.3, 0.4) is 0 Å². The van der Waals surface area contributed by atoms with E-state index in [0.29, 0.717) is 12.3 Å². The molecule has 2 heteroatoms. The molecule has 1 rings (SSSR count). The average molecular weight is 222 g/mol. The molecular weight excluding hydrogens is 196 g/mol. The van der Waals surface area contributed by atoms with Crippen LogP contribution >= 0.6 is 0 Å². The van der Waals surface area contributed by atoms with Crippen molar-refractivity contribution >= 4 is 0 Å². The number of hydrogen-bond donors (Lipinski definition) is 0. The van der Waals surface area contributed by atoms with Gasteiger partial charge in [-0.15, -0.1) is 0 Å². The molecule has 0 unspecified atom stereocenters. The van der Waals surface area contributed by atoms with E-state index in [0.717, 1.165) is 19.0 Å². The van der Waals surface area contributed by atoms with Gasteiger partial charge in [-0.05, 0) is 24.7 Å². The third kappa shape index (κ3) is 5.51. The van der Waals surface area contributed by atoms with Crippen LogP contribution < -0.4 is 0 Å². The van der Waals surface area contributed by atoms with Gasteiger partial charge in [0.1, 0.15) is 0 Å². The van der Waals surface area contributed by atoms with Gasteiger partial charge in [0, 0.05) is 26.1 Å². The second kappa shape index (κ2) is 7.68. The molecule has 0 saturated heterocycles. The SMILES string of the molecule is CC(C)CN(CCC#N)CC1CCCCC1. The predicted octanol–water partition coefficient (Wildman–Crippen LogP) is 3.44. The highest BCUT2D eigenvalue weighted by molar-refractivity contribution is 4.76. The van der Waals surface area contributed by atoms with E-state index in [1.807, 2.05) is 0 Å². The molecule has 1 fully saturated rings. The van der Waals surface area contributed by atoms with Crippen molar-refractivity contribution in [3.8, 4) is 6.07 Å². The summed E-state index contributed by atoms with van der Waals surface area (Å²) in [7, 11) is 0. The van der Waals surface area contributed by atoms with E-state index in [9.17, 15) is 0 Å². The second-order valence-corrected chi connectivity index (χ2v) is 5.57. The Morgan fingerprint density at radius 3 is 2.50 bits per heavy atom. The van der Waals surface area contributed by atoms with Gasteiger partial charge >= 0.3 is 0 Å². The minimum Gasteiger partial charge on any atom is -0.302 e. The molecule has 1 aliphatic rings. The summed E-state index contributed by atoms with van der Waals surface area (Å²) in [6.07, 6.45) is 7.75. The highest BCUT2D eigenvalue weighted by Gasteiger charge is 2.17. The maximum atomic E-state index is 8.68. The molecule has 0 spiro atoms. The van der Waals surface area contributed by atoms with Crippen LogP contribution in [0.2, 0.25) is 0 Å². The summed E-state index contributed by atoms with van der Waals surface area (Å²) >= 11 is 0. The molecular formula is C14H26N2. The lowest BCUT2D eigenvalue weighted by atomic mass is 9.89. The lowest BCUT2D eigenvalue weighted by molar-refractivity contribution is 0.187. The number of nitrogens with zero attached hydrogens (tertiary/aromatic N) is 2. The zero-order valence-corrected chi connectivity index (χ0v) is 10.9. The van der Waals surface area contributed by atoms with Crippen LogP contribution in [-0.2, 0) is 0 Å². The van der Waals surface area contributed by atoms with E-state index in [1.54, 1.807) is 0 Å². The Bertz CT molecular complexity index is 211. The molecule has 1 saturated carbocycles. The van der Waals surface area contributed by atoms with Gasteiger partial charge < -0.3 is 4.90 Å². The minimum atomic E-state index is 0.680. The Kier molecular flexibility index (Phi) is 6.49. The van der Waals surface area contributed by atoms with Crippen molar-refractivity contribution in [1.29, 1.82) is 5.26 Å². The van der Waals surface area contributed by atoms with Crippen LogP contribution in [-0.4, -0.2) is 24.5 Å². The van der Waals surface area contributed by atoms with Crippen LogP contribution in [0.15, 0.2) is 0 Å². The zero-order chi connectivity index (χ0) is 11.8. The first-order valence-electron chi connectivity index (χ1n) is 6.81. The number of nitriles is 1. The van der Waals surface area contributed by atoms with E-state index in [1.165, 1.54) is 38.6 Å². The van der Waals surface area contributed by atoms with Crippen molar-refractivity contribution < 1.29 is 0 Å². The molecule has 0 aromatic heterocycles. The third-order valence-corrected chi connectivity index (χ3v) is 3.40. The quantitative estimate of drug-likeness (QED) is 0.688. The average Bonchev–Trinajstić information content (AvgIpc) is 2.26. The molecule has 2 nitrogen and oxygen atoms in total. The molecule has 0 heterocycles. The van der Waals surface area contributed by atoms with E-state index in [4.69, 9.17) is 5.26 Å². The lowest BCUT2D eigenvalue weighted by Crippen LogP contribution is -2.34. The smallest absolute Gasteiger partial charge is 0.0635 e. The van der Waals surface area contributed by atoms with Crippen LogP contribution in [0, 0.1) is 23.2 Å². The summed E-state index contributed by atoms with van der Waals surface area (Å²) in [5.74, 6) is 1.61. The summed E-state index contributed by atoms with van der Waals surface area (Å²) < 4.78 is 0. The van der Waals surface area contributed by atoms with Gasteiger partial charge in [-0.25, -0.2) is 0 Å². The first-order chi connectivity index (χ1) is 7.72. The maximum absolute atomic E-state index is 8.68. The topological polar surface area (TPSA) is 27.0 Å². The Morgan fingerprint density at radius 2 is 1.94 bits per heavy atom. The molecule has 0 aromatic rings. The molecule has 0 radical (unpaired) electrons. The largest absolute Gasteiger partial charge is 0.302 e. The molecule has 0 atom stereocenters. The van der Waals surface area contributed by atoms with Gasteiger partial charge in [-0.1, -0.05) is 33.1 Å². The van der Waals surface area contributed by atoms with Crippen molar-refractivity contribution in [1.82, 2.24) is 4.90 Å². The van der Waals surface area contributed by atoms with Crippen LogP contribution in [0.25, 0.3) is 0 Å². The van der Waals surface area contributed by atoms with E-state index >= 15 is 0 Å². The minimum absolute atomic E-state index is 0.680. The van der Waals surface area contributed by atoms with Crippen molar-refractivity contribution in [3.05, 3.63) is 0 Å². The van der Waals surface area contributed by atoms with Crippen LogP contribution in [0.4, 0.5) is 0 Å². The summed E-state index contributed by atoms with van der Waals surface area (Å²) in [4.78, 5) is 2.50. The Balaban J connectivity index is 2.32. The van der Waals surface area contributed by atoms with Crippen molar-refractivity contribution in [3.63, 3.8) is 0 Å². The van der Waals surface area contributed by atoms with Gasteiger partial charge in [-0.2, -0.15) is 5.26 Å². The Hall–Kier alpha value is -0.550. The van der Waals surface area contributed by atoms with Gasteiger partial charge in [0.25, 0.3) is 0 Å². The van der Waals surface area contributed by atoms with Crippen molar-refractivity contribution in [2.45, 2.75) is 52.4 Å². The second-order valence-electron chi connectivity index (χ2n) is 5.57. The monoisotopic (exact) mass is 222 g/mol. The lowest BCUT2D eigenvalue weighted by Gasteiger charge is -2.30. The zero-order valence-electron chi connectivity index (χ0n) is 10.9. The predicted molar refractivity (Wildman–Crippen MR) is 68.1 cm³/mol. The fourth-order valence-corrected chi connectivity index (χ4v) is 2.72. The molecule has 16 heavy (non-hydrogen) atoms. The molecule has 92 valence electrons. The first-order valence-corrected chi connectivity index (χ1v) is 6.81. The standard InChI is InChI=1S/C14H26N2/c1-13(2)11-16(10-6-9-15)12-14-7-4-3-5-8-14/h13-14H,3-8,10-12H2,1-2H3. The molecule has 0 bridgehead atoms. The fourth-order valence-electron chi connectivity index (χ4n) is 2.72. The van der Waals surface area contributed by atoms with Crippen LogP contribution in [0.1, 0.15) is 52.4 Å². The maximum Gasteiger partial charge on any atom is 0.0635 e. The highest BCUT2D eigenvalue weighted by atomic mass is 15.1. The third-order valence-electron chi connectivity index (χ3n) is 3.40. The first kappa shape index (κ1) is 13.5. The van der Waals surface area contributed by atoms with E-state index in [2.05, 4.69) is 24.8 Å². The van der Waals surface area contributed by atoms with E-state index in [-0.39, 0.29) is 0 Å². The number of hydrogen-bond acceptors (Lipinski definition) is 2. The Morgan fingerprint density at radius 1 is 1.25 bits per heavy atom. The summed E-state index contributed by atoms with van der Waals surface area (Å²) in [5, 5.41) is 8.68. The number of rotatable bonds is 6. The van der Waals surface area contributed by atoms with Gasteiger partial charge in [0.2, 0.25) is 0 Å². The van der Waals surface area contributed by atoms with Crippen molar-refractivity contribution in [2.24, 2.45) is 11.8 Å². The fraction of sp³-hybridized carbons (Fsp3) is 0.929. The molecule has 0 amide bonds. The van der Waals surface area contributed by atoms with Crippen LogP contribution in [0.5, 0.6) is 0 Å². The summed E-state index contributed by atoms with van der Waals surface area (Å²) in [6, 6.07) is 2.27. The molecule has 0 N–H and O–H groups in total. The molecule has 0 aliphatic heterocycles. The highest BCUT2D eigenvalue weighted by Crippen LogP contribution is 2.24. The summed E-state index contributed by atoms with van der Waals surface area (Å²) in [6.45, 7) is 7.86. The van der Waals surface area contributed by atoms with E-state index < -0.39 is 0 Å². The van der Waals surface area contributed by atoms with Gasteiger partial charge in [0.05, 0.1) is 6.07 Å². The van der Waals surface area contributed by atoms with Gasteiger partial charge in [0.15, 0.2) is 0 Å². The van der Waals surface area contributed by atoms with Gasteiger partial charge in [-0.3, -0.25) is 0 Å². The van der Waals surface area contributed by atoms with Crippen molar-refractivity contribution in [2.75, 3.05) is 19.6 Å². The summed E-state index contributed by atoms with van der Waals surface area (Å²) in [5.41, 5.74) is 0. The molecule has 1 aliphatic carbocycles. The molecule has 0 aromatic carbocycles.